The van der Waals surface area contributed by atoms with Gasteiger partial charge in [0.1, 0.15) is 19.0 Å². The van der Waals surface area contributed by atoms with Crippen molar-refractivity contribution in [2.45, 2.75) is 13.5 Å². The number of halogens is 1. The Hall–Kier alpha value is -3.73. The van der Waals surface area contributed by atoms with Crippen molar-refractivity contribution >= 4 is 22.2 Å². The maximum Gasteiger partial charge on any atom is 0.161 e. The molecule has 0 radical (unpaired) electrons. The average Bonchev–Trinajstić information content (AvgIpc) is 2.96. The van der Waals surface area contributed by atoms with Gasteiger partial charge in [0.15, 0.2) is 11.5 Å². The van der Waals surface area contributed by atoms with E-state index in [0.717, 1.165) is 46.7 Å². The Kier molecular flexibility index (Phi) is 9.64. The SMILES string of the molecule is CCNCCOc1ccc(/C(=C(/Cl)c2ccccc2)c2ccc(OCc3ccccc3)c(OC)c2)cc1. The second-order valence-corrected chi connectivity index (χ2v) is 8.80. The number of rotatable bonds is 12. The molecule has 0 atom stereocenters. The molecule has 0 aliphatic heterocycles. The van der Waals surface area contributed by atoms with Gasteiger partial charge in [-0.15, -0.1) is 0 Å². The molecule has 4 nitrogen and oxygen atoms in total. The molecule has 0 aromatic heterocycles. The van der Waals surface area contributed by atoms with E-state index >= 15 is 0 Å². The summed E-state index contributed by atoms with van der Waals surface area (Å²) in [5.41, 5.74) is 4.84. The van der Waals surface area contributed by atoms with Gasteiger partial charge in [-0.25, -0.2) is 0 Å². The van der Waals surface area contributed by atoms with Gasteiger partial charge in [0.25, 0.3) is 0 Å². The number of ether oxygens (including phenoxy) is 3. The summed E-state index contributed by atoms with van der Waals surface area (Å²) in [7, 11) is 1.65. The van der Waals surface area contributed by atoms with Crippen LogP contribution >= 0.6 is 11.6 Å². The molecular formula is C32H32ClNO3. The standard InChI is InChI=1S/C32H32ClNO3/c1-3-34-20-21-36-28-17-14-25(15-18-28)31(32(33)26-12-8-5-9-13-26)27-16-19-29(30(22-27)35-2)37-23-24-10-6-4-7-11-24/h4-19,22,34H,3,20-21,23H2,1-2H3/b32-31-. The Bertz CT molecular complexity index is 1290. The van der Waals surface area contributed by atoms with Crippen molar-refractivity contribution in [1.29, 1.82) is 0 Å². The lowest BCUT2D eigenvalue weighted by Gasteiger charge is -2.16. The zero-order valence-corrected chi connectivity index (χ0v) is 22.0. The first-order valence-corrected chi connectivity index (χ1v) is 12.8. The maximum atomic E-state index is 7.04. The van der Waals surface area contributed by atoms with Crippen LogP contribution in [0.5, 0.6) is 17.2 Å². The molecule has 0 unspecified atom stereocenters. The van der Waals surface area contributed by atoms with E-state index in [-0.39, 0.29) is 0 Å². The quantitative estimate of drug-likeness (QED) is 0.158. The summed E-state index contributed by atoms with van der Waals surface area (Å²) in [5, 5.41) is 3.92. The second-order valence-electron chi connectivity index (χ2n) is 8.42. The summed E-state index contributed by atoms with van der Waals surface area (Å²) in [6.45, 7) is 4.88. The van der Waals surface area contributed by atoms with Crippen molar-refractivity contribution in [3.05, 3.63) is 125 Å². The topological polar surface area (TPSA) is 39.7 Å². The first kappa shape index (κ1) is 26.3. The molecule has 190 valence electrons. The smallest absolute Gasteiger partial charge is 0.161 e. The Morgan fingerprint density at radius 3 is 2.08 bits per heavy atom. The number of hydrogen-bond donors (Lipinski definition) is 1. The summed E-state index contributed by atoms with van der Waals surface area (Å²) in [6.07, 6.45) is 0. The molecule has 0 saturated carbocycles. The summed E-state index contributed by atoms with van der Waals surface area (Å²) in [4.78, 5) is 0. The molecule has 5 heteroatoms. The molecule has 1 N–H and O–H groups in total. The highest BCUT2D eigenvalue weighted by Gasteiger charge is 2.16. The van der Waals surface area contributed by atoms with Gasteiger partial charge >= 0.3 is 0 Å². The predicted molar refractivity (Wildman–Crippen MR) is 152 cm³/mol. The van der Waals surface area contributed by atoms with Gasteiger partial charge in [-0.1, -0.05) is 97.4 Å². The van der Waals surface area contributed by atoms with Crippen LogP contribution in [0.4, 0.5) is 0 Å². The van der Waals surface area contributed by atoms with Crippen LogP contribution in [0.1, 0.15) is 29.2 Å². The lowest BCUT2D eigenvalue weighted by molar-refractivity contribution is 0.284. The van der Waals surface area contributed by atoms with E-state index in [4.69, 9.17) is 25.8 Å². The van der Waals surface area contributed by atoms with Crippen molar-refractivity contribution in [1.82, 2.24) is 5.32 Å². The zero-order valence-electron chi connectivity index (χ0n) is 21.2. The van der Waals surface area contributed by atoms with E-state index in [9.17, 15) is 0 Å². The molecule has 0 heterocycles. The van der Waals surface area contributed by atoms with E-state index in [1.54, 1.807) is 7.11 Å². The molecule has 37 heavy (non-hydrogen) atoms. The Morgan fingerprint density at radius 2 is 1.41 bits per heavy atom. The Balaban J connectivity index is 1.66. The molecule has 4 aromatic rings. The molecule has 0 aliphatic rings. The van der Waals surface area contributed by atoms with Gasteiger partial charge in [0, 0.05) is 12.1 Å². The lowest BCUT2D eigenvalue weighted by Crippen LogP contribution is -2.20. The Morgan fingerprint density at radius 1 is 0.730 bits per heavy atom. The highest BCUT2D eigenvalue weighted by molar-refractivity contribution is 6.53. The number of hydrogen-bond acceptors (Lipinski definition) is 4. The average molecular weight is 514 g/mol. The van der Waals surface area contributed by atoms with Gasteiger partial charge in [-0.05, 0) is 53.1 Å². The normalized spacial score (nSPS) is 11.5. The molecule has 0 aliphatic carbocycles. The van der Waals surface area contributed by atoms with Crippen LogP contribution < -0.4 is 19.5 Å². The van der Waals surface area contributed by atoms with Gasteiger partial charge in [-0.3, -0.25) is 0 Å². The number of likely N-dealkylation sites (N-methyl/N-ethyl adjacent to an activating group) is 1. The zero-order chi connectivity index (χ0) is 25.9. The molecular weight excluding hydrogens is 482 g/mol. The minimum absolute atomic E-state index is 0.458. The van der Waals surface area contributed by atoms with Gasteiger partial charge < -0.3 is 19.5 Å². The number of nitrogens with one attached hydrogen (secondary N) is 1. The molecule has 0 saturated heterocycles. The Labute approximate surface area is 224 Å². The van der Waals surface area contributed by atoms with Crippen LogP contribution in [-0.2, 0) is 6.61 Å². The van der Waals surface area contributed by atoms with E-state index < -0.39 is 0 Å². The predicted octanol–water partition coefficient (Wildman–Crippen LogP) is 7.42. The summed E-state index contributed by atoms with van der Waals surface area (Å²) in [5.74, 6) is 2.14. The molecule has 0 fully saturated rings. The molecule has 0 spiro atoms. The third kappa shape index (κ3) is 7.16. The summed E-state index contributed by atoms with van der Waals surface area (Å²) < 4.78 is 17.6. The fraction of sp³-hybridized carbons (Fsp3) is 0.188. The van der Waals surface area contributed by atoms with Crippen molar-refractivity contribution < 1.29 is 14.2 Å². The third-order valence-electron chi connectivity index (χ3n) is 5.88. The molecule has 4 aromatic carbocycles. The highest BCUT2D eigenvalue weighted by atomic mass is 35.5. The number of methoxy groups -OCH3 is 1. The first-order chi connectivity index (χ1) is 18.2. The number of benzene rings is 4. The molecule has 4 rings (SSSR count). The largest absolute Gasteiger partial charge is 0.493 e. The van der Waals surface area contributed by atoms with Crippen LogP contribution in [0.25, 0.3) is 10.6 Å². The van der Waals surface area contributed by atoms with E-state index in [0.29, 0.717) is 29.7 Å². The molecule has 0 amide bonds. The van der Waals surface area contributed by atoms with Crippen molar-refractivity contribution in [3.8, 4) is 17.2 Å². The summed E-state index contributed by atoms with van der Waals surface area (Å²) in [6, 6.07) is 34.0. The van der Waals surface area contributed by atoms with Crippen LogP contribution in [0, 0.1) is 0 Å². The minimum atomic E-state index is 0.458. The van der Waals surface area contributed by atoms with Crippen molar-refractivity contribution in [2.75, 3.05) is 26.8 Å². The lowest BCUT2D eigenvalue weighted by atomic mass is 9.95. The monoisotopic (exact) mass is 513 g/mol. The fourth-order valence-electron chi connectivity index (χ4n) is 3.96. The van der Waals surface area contributed by atoms with Gasteiger partial charge in [-0.2, -0.15) is 0 Å². The summed E-state index contributed by atoms with van der Waals surface area (Å²) >= 11 is 7.04. The minimum Gasteiger partial charge on any atom is -0.493 e. The van der Waals surface area contributed by atoms with Gasteiger partial charge in [0.05, 0.1) is 12.1 Å². The van der Waals surface area contributed by atoms with Crippen LogP contribution in [0.15, 0.2) is 103 Å². The van der Waals surface area contributed by atoms with Crippen molar-refractivity contribution in [2.24, 2.45) is 0 Å². The maximum absolute atomic E-state index is 7.04. The van der Waals surface area contributed by atoms with Crippen LogP contribution in [-0.4, -0.2) is 26.8 Å². The van der Waals surface area contributed by atoms with E-state index in [2.05, 4.69) is 12.2 Å². The first-order valence-electron chi connectivity index (χ1n) is 12.4. The van der Waals surface area contributed by atoms with E-state index in [1.807, 2.05) is 103 Å². The fourth-order valence-corrected chi connectivity index (χ4v) is 4.31. The third-order valence-corrected chi connectivity index (χ3v) is 6.28. The van der Waals surface area contributed by atoms with Crippen molar-refractivity contribution in [3.63, 3.8) is 0 Å². The van der Waals surface area contributed by atoms with Gasteiger partial charge in [0.2, 0.25) is 0 Å². The molecule has 0 bridgehead atoms. The van der Waals surface area contributed by atoms with Crippen LogP contribution in [0.2, 0.25) is 0 Å². The van der Waals surface area contributed by atoms with E-state index in [1.165, 1.54) is 0 Å². The van der Waals surface area contributed by atoms with Crippen LogP contribution in [0.3, 0.4) is 0 Å². The second kappa shape index (κ2) is 13.5. The highest BCUT2D eigenvalue weighted by Crippen LogP contribution is 2.39.